The van der Waals surface area contributed by atoms with Crippen molar-refractivity contribution in [2.24, 2.45) is 0 Å². The van der Waals surface area contributed by atoms with Gasteiger partial charge in [-0.2, -0.15) is 5.26 Å². The van der Waals surface area contributed by atoms with Crippen molar-refractivity contribution in [3.63, 3.8) is 0 Å². The number of halogens is 4. The summed E-state index contributed by atoms with van der Waals surface area (Å²) < 4.78 is 54.2. The van der Waals surface area contributed by atoms with Crippen LogP contribution in [0.5, 0.6) is 5.75 Å². The lowest BCUT2D eigenvalue weighted by Crippen LogP contribution is -2.17. The lowest BCUT2D eigenvalue weighted by Gasteiger charge is -2.12. The topological polar surface area (TPSA) is 33.0 Å². The summed E-state index contributed by atoms with van der Waals surface area (Å²) in [5.74, 6) is -1.23. The molecule has 2 nitrogen and oxygen atoms in total. The van der Waals surface area contributed by atoms with E-state index in [2.05, 4.69) is 4.74 Å². The van der Waals surface area contributed by atoms with Gasteiger partial charge in [-0.15, -0.1) is 13.2 Å². The van der Waals surface area contributed by atoms with E-state index in [0.29, 0.717) is 0 Å². The van der Waals surface area contributed by atoms with Gasteiger partial charge in [0, 0.05) is 5.56 Å². The summed E-state index contributed by atoms with van der Waals surface area (Å²) in [6.45, 7) is 0. The molecule has 0 aliphatic carbocycles. The van der Waals surface area contributed by atoms with Gasteiger partial charge in [-0.1, -0.05) is 24.3 Å². The summed E-state index contributed by atoms with van der Waals surface area (Å²) in [6, 6.07) is 10.7. The molecule has 0 saturated heterocycles. The maximum atomic E-state index is 13.6. The lowest BCUT2D eigenvalue weighted by molar-refractivity contribution is -0.274. The second-order valence-electron chi connectivity index (χ2n) is 3.85. The number of nitrogens with zero attached hydrogens (tertiary/aromatic N) is 1. The van der Waals surface area contributed by atoms with E-state index in [1.54, 1.807) is 12.1 Å². The van der Waals surface area contributed by atoms with Crippen LogP contribution < -0.4 is 4.74 Å². The number of ether oxygens (including phenoxy) is 1. The lowest BCUT2D eigenvalue weighted by atomic mass is 10.0. The normalized spacial score (nSPS) is 10.9. The standard InChI is InChI=1S/C14H7F4NO/c15-12-4-2-1-3-11(12)9-5-6-10(8-19)13(7-9)20-14(16,17)18/h1-7H. The molecule has 2 rings (SSSR count). The highest BCUT2D eigenvalue weighted by Crippen LogP contribution is 2.31. The summed E-state index contributed by atoms with van der Waals surface area (Å²) in [5.41, 5.74) is 0.0489. The minimum Gasteiger partial charge on any atom is -0.404 e. The first-order valence-corrected chi connectivity index (χ1v) is 5.45. The van der Waals surface area contributed by atoms with Gasteiger partial charge < -0.3 is 4.74 Å². The van der Waals surface area contributed by atoms with Gasteiger partial charge in [0.25, 0.3) is 0 Å². The molecule has 0 saturated carbocycles. The van der Waals surface area contributed by atoms with Gasteiger partial charge in [-0.05, 0) is 23.8 Å². The first kappa shape index (κ1) is 13.9. The van der Waals surface area contributed by atoms with Crippen molar-refractivity contribution in [2.75, 3.05) is 0 Å². The molecule has 0 aliphatic rings. The van der Waals surface area contributed by atoms with Crippen molar-refractivity contribution in [3.05, 3.63) is 53.8 Å². The van der Waals surface area contributed by atoms with Crippen molar-refractivity contribution < 1.29 is 22.3 Å². The smallest absolute Gasteiger partial charge is 0.404 e. The van der Waals surface area contributed by atoms with Gasteiger partial charge in [0.15, 0.2) is 0 Å². The summed E-state index contributed by atoms with van der Waals surface area (Å²) in [7, 11) is 0. The maximum absolute atomic E-state index is 13.6. The Balaban J connectivity index is 2.51. The van der Waals surface area contributed by atoms with E-state index in [9.17, 15) is 17.6 Å². The number of hydrogen-bond acceptors (Lipinski definition) is 2. The highest BCUT2D eigenvalue weighted by atomic mass is 19.4. The minimum absolute atomic E-state index is 0.129. The third kappa shape index (κ3) is 3.06. The van der Waals surface area contributed by atoms with Crippen LogP contribution in [-0.4, -0.2) is 6.36 Å². The molecule has 0 heterocycles. The molecule has 0 fully saturated rings. The fraction of sp³-hybridized carbons (Fsp3) is 0.0714. The zero-order chi connectivity index (χ0) is 14.8. The average molecular weight is 281 g/mol. The molecular formula is C14H7F4NO. The Bertz CT molecular complexity index is 674. The summed E-state index contributed by atoms with van der Waals surface area (Å²) in [5, 5.41) is 8.76. The van der Waals surface area contributed by atoms with E-state index >= 15 is 0 Å². The first-order chi connectivity index (χ1) is 9.40. The van der Waals surface area contributed by atoms with Crippen molar-refractivity contribution in [1.82, 2.24) is 0 Å². The van der Waals surface area contributed by atoms with Gasteiger partial charge in [-0.25, -0.2) is 4.39 Å². The molecule has 0 amide bonds. The van der Waals surface area contributed by atoms with Crippen LogP contribution in [0, 0.1) is 17.1 Å². The van der Waals surface area contributed by atoms with E-state index in [0.717, 1.165) is 12.1 Å². The second kappa shape index (κ2) is 5.21. The van der Waals surface area contributed by atoms with Crippen LogP contribution in [0.2, 0.25) is 0 Å². The largest absolute Gasteiger partial charge is 0.573 e. The third-order valence-corrected chi connectivity index (χ3v) is 2.51. The quantitative estimate of drug-likeness (QED) is 0.770. The molecule has 0 atom stereocenters. The molecule has 2 aromatic rings. The molecular weight excluding hydrogens is 274 g/mol. The summed E-state index contributed by atoms with van der Waals surface area (Å²) in [6.07, 6.45) is -4.92. The summed E-state index contributed by atoms with van der Waals surface area (Å²) in [4.78, 5) is 0. The zero-order valence-electron chi connectivity index (χ0n) is 9.91. The number of nitriles is 1. The zero-order valence-corrected chi connectivity index (χ0v) is 9.91. The Kier molecular flexibility index (Phi) is 3.61. The third-order valence-electron chi connectivity index (χ3n) is 2.51. The number of benzene rings is 2. The molecule has 0 N–H and O–H groups in total. The molecule has 20 heavy (non-hydrogen) atoms. The van der Waals surface area contributed by atoms with Gasteiger partial charge in [-0.3, -0.25) is 0 Å². The molecule has 0 aromatic heterocycles. The van der Waals surface area contributed by atoms with Crippen LogP contribution in [0.25, 0.3) is 11.1 Å². The number of alkyl halides is 3. The van der Waals surface area contributed by atoms with E-state index < -0.39 is 17.9 Å². The van der Waals surface area contributed by atoms with Gasteiger partial charge in [0.2, 0.25) is 0 Å². The molecule has 6 heteroatoms. The maximum Gasteiger partial charge on any atom is 0.573 e. The highest BCUT2D eigenvalue weighted by Gasteiger charge is 2.32. The molecule has 102 valence electrons. The van der Waals surface area contributed by atoms with E-state index in [-0.39, 0.29) is 16.7 Å². The molecule has 2 aromatic carbocycles. The number of rotatable bonds is 2. The SMILES string of the molecule is N#Cc1ccc(-c2ccccc2F)cc1OC(F)(F)F. The van der Waals surface area contributed by atoms with Crippen molar-refractivity contribution in [3.8, 4) is 22.9 Å². The molecule has 0 radical (unpaired) electrons. The van der Waals surface area contributed by atoms with Crippen molar-refractivity contribution in [1.29, 1.82) is 5.26 Å². The highest BCUT2D eigenvalue weighted by molar-refractivity contribution is 5.67. The summed E-state index contributed by atoms with van der Waals surface area (Å²) >= 11 is 0. The first-order valence-electron chi connectivity index (χ1n) is 5.45. The van der Waals surface area contributed by atoms with Gasteiger partial charge >= 0.3 is 6.36 Å². The van der Waals surface area contributed by atoms with E-state index in [4.69, 9.17) is 5.26 Å². The van der Waals surface area contributed by atoms with Crippen LogP contribution >= 0.6 is 0 Å². The van der Waals surface area contributed by atoms with Crippen LogP contribution in [0.15, 0.2) is 42.5 Å². The van der Waals surface area contributed by atoms with Crippen LogP contribution in [-0.2, 0) is 0 Å². The minimum atomic E-state index is -4.92. The number of hydrogen-bond donors (Lipinski definition) is 0. The fourth-order valence-electron chi connectivity index (χ4n) is 1.69. The molecule has 0 bridgehead atoms. The van der Waals surface area contributed by atoms with Crippen LogP contribution in [0.3, 0.4) is 0 Å². The Morgan fingerprint density at radius 3 is 2.35 bits per heavy atom. The molecule has 0 aliphatic heterocycles. The predicted octanol–water partition coefficient (Wildman–Crippen LogP) is 4.26. The van der Waals surface area contributed by atoms with Crippen LogP contribution in [0.1, 0.15) is 5.56 Å². The van der Waals surface area contributed by atoms with Crippen molar-refractivity contribution in [2.45, 2.75) is 6.36 Å². The van der Waals surface area contributed by atoms with Gasteiger partial charge in [0.1, 0.15) is 17.6 Å². The van der Waals surface area contributed by atoms with Crippen molar-refractivity contribution >= 4 is 0 Å². The van der Waals surface area contributed by atoms with Gasteiger partial charge in [0.05, 0.1) is 5.56 Å². The molecule has 0 spiro atoms. The monoisotopic (exact) mass is 281 g/mol. The Labute approximate surface area is 111 Å². The predicted molar refractivity (Wildman–Crippen MR) is 63.2 cm³/mol. The average Bonchev–Trinajstić information content (AvgIpc) is 2.37. The van der Waals surface area contributed by atoms with E-state index in [1.165, 1.54) is 24.3 Å². The fourth-order valence-corrected chi connectivity index (χ4v) is 1.69. The Morgan fingerprint density at radius 2 is 1.75 bits per heavy atom. The van der Waals surface area contributed by atoms with Crippen LogP contribution in [0.4, 0.5) is 17.6 Å². The second-order valence-corrected chi connectivity index (χ2v) is 3.85. The molecule has 0 unspecified atom stereocenters. The Hall–Kier alpha value is -2.55. The Morgan fingerprint density at radius 1 is 1.05 bits per heavy atom. The van der Waals surface area contributed by atoms with E-state index in [1.807, 2.05) is 0 Å².